The van der Waals surface area contributed by atoms with E-state index in [4.69, 9.17) is 10.5 Å². The molecule has 0 radical (unpaired) electrons. The van der Waals surface area contributed by atoms with Gasteiger partial charge in [-0.3, -0.25) is 0 Å². The average Bonchev–Trinajstić information content (AvgIpc) is 2.84. The number of ether oxygens (including phenoxy) is 1. The van der Waals surface area contributed by atoms with E-state index in [1.54, 1.807) is 0 Å². The summed E-state index contributed by atoms with van der Waals surface area (Å²) < 4.78 is 32.7. The van der Waals surface area contributed by atoms with Crippen molar-refractivity contribution in [2.45, 2.75) is 49.3 Å². The molecule has 6 heteroatoms. The van der Waals surface area contributed by atoms with Crippen LogP contribution < -0.4 is 10.5 Å². The van der Waals surface area contributed by atoms with Crippen LogP contribution in [0.5, 0.6) is 0 Å². The zero-order chi connectivity index (χ0) is 12.4. The molecule has 5 nitrogen and oxygen atoms in total. The van der Waals surface area contributed by atoms with Gasteiger partial charge in [0.2, 0.25) is 10.0 Å². The highest BCUT2D eigenvalue weighted by Crippen LogP contribution is 2.27. The average molecular weight is 262 g/mol. The van der Waals surface area contributed by atoms with Gasteiger partial charge in [-0.05, 0) is 25.7 Å². The number of hydrogen-bond acceptors (Lipinski definition) is 4. The van der Waals surface area contributed by atoms with Crippen molar-refractivity contribution >= 4 is 10.0 Å². The minimum absolute atomic E-state index is 0.214. The standard InChI is InChI=1S/C11H22N2O3S/c12-9-11(5-7-16-8-6-11)13-17(14,15)10-3-1-2-4-10/h10,13H,1-9,12H2. The first kappa shape index (κ1) is 13.3. The van der Waals surface area contributed by atoms with Crippen molar-refractivity contribution < 1.29 is 13.2 Å². The summed E-state index contributed by atoms with van der Waals surface area (Å²) in [5.74, 6) is 0. The van der Waals surface area contributed by atoms with Crippen molar-refractivity contribution in [1.82, 2.24) is 4.72 Å². The highest BCUT2D eigenvalue weighted by atomic mass is 32.2. The number of nitrogens with two attached hydrogens (primary N) is 1. The normalized spacial score (nSPS) is 26.2. The molecule has 1 saturated carbocycles. The lowest BCUT2D eigenvalue weighted by molar-refractivity contribution is 0.0501. The first-order valence-electron chi connectivity index (χ1n) is 6.39. The third-order valence-corrected chi connectivity index (χ3v) is 6.01. The molecule has 1 heterocycles. The van der Waals surface area contributed by atoms with E-state index in [0.29, 0.717) is 32.6 Å². The molecular formula is C11H22N2O3S. The van der Waals surface area contributed by atoms with E-state index in [1.165, 1.54) is 0 Å². The van der Waals surface area contributed by atoms with Crippen LogP contribution in [-0.2, 0) is 14.8 Å². The maximum absolute atomic E-state index is 12.3. The number of sulfonamides is 1. The molecule has 0 aromatic carbocycles. The highest BCUT2D eigenvalue weighted by Gasteiger charge is 2.39. The molecule has 1 saturated heterocycles. The fourth-order valence-corrected chi connectivity index (χ4v) is 4.71. The van der Waals surface area contributed by atoms with Gasteiger partial charge < -0.3 is 10.5 Å². The Morgan fingerprint density at radius 2 is 1.82 bits per heavy atom. The third kappa shape index (κ3) is 2.99. The van der Waals surface area contributed by atoms with Crippen molar-refractivity contribution in [3.05, 3.63) is 0 Å². The number of nitrogens with one attached hydrogen (secondary N) is 1. The van der Waals surface area contributed by atoms with Gasteiger partial charge in [0.25, 0.3) is 0 Å². The smallest absolute Gasteiger partial charge is 0.215 e. The highest BCUT2D eigenvalue weighted by molar-refractivity contribution is 7.90. The summed E-state index contributed by atoms with van der Waals surface area (Å²) in [5.41, 5.74) is 5.29. The SMILES string of the molecule is NCC1(NS(=O)(=O)C2CCCC2)CCOCC1. The monoisotopic (exact) mass is 262 g/mol. The van der Waals surface area contributed by atoms with Crippen LogP contribution in [0.3, 0.4) is 0 Å². The summed E-state index contributed by atoms with van der Waals surface area (Å²) in [6.45, 7) is 1.52. The van der Waals surface area contributed by atoms with Crippen molar-refractivity contribution in [3.63, 3.8) is 0 Å². The van der Waals surface area contributed by atoms with E-state index in [2.05, 4.69) is 4.72 Å². The fraction of sp³-hybridized carbons (Fsp3) is 1.00. The molecule has 0 bridgehead atoms. The van der Waals surface area contributed by atoms with Crippen molar-refractivity contribution in [1.29, 1.82) is 0 Å². The molecule has 17 heavy (non-hydrogen) atoms. The van der Waals surface area contributed by atoms with Gasteiger partial charge in [-0.2, -0.15) is 0 Å². The molecule has 0 spiro atoms. The summed E-state index contributed by atoms with van der Waals surface area (Å²) in [6.07, 6.45) is 4.96. The van der Waals surface area contributed by atoms with Crippen LogP contribution in [0.25, 0.3) is 0 Å². The zero-order valence-corrected chi connectivity index (χ0v) is 11.0. The summed E-state index contributed by atoms with van der Waals surface area (Å²) in [6, 6.07) is 0. The van der Waals surface area contributed by atoms with Gasteiger partial charge >= 0.3 is 0 Å². The van der Waals surface area contributed by atoms with Crippen LogP contribution in [0, 0.1) is 0 Å². The Morgan fingerprint density at radius 1 is 1.24 bits per heavy atom. The Balaban J connectivity index is 2.06. The Morgan fingerprint density at radius 3 is 2.35 bits per heavy atom. The molecule has 0 unspecified atom stereocenters. The van der Waals surface area contributed by atoms with Crippen molar-refractivity contribution in [2.75, 3.05) is 19.8 Å². The molecular weight excluding hydrogens is 240 g/mol. The van der Waals surface area contributed by atoms with Crippen LogP contribution >= 0.6 is 0 Å². The molecule has 2 rings (SSSR count). The minimum Gasteiger partial charge on any atom is -0.381 e. The van der Waals surface area contributed by atoms with E-state index in [0.717, 1.165) is 25.7 Å². The second-order valence-electron chi connectivity index (χ2n) is 5.15. The molecule has 1 aliphatic heterocycles. The van der Waals surface area contributed by atoms with Gasteiger partial charge in [0.15, 0.2) is 0 Å². The second kappa shape index (κ2) is 5.22. The Labute approximate surface area is 103 Å². The molecule has 100 valence electrons. The van der Waals surface area contributed by atoms with E-state index in [9.17, 15) is 8.42 Å². The third-order valence-electron chi connectivity index (χ3n) is 3.94. The second-order valence-corrected chi connectivity index (χ2v) is 7.11. The van der Waals surface area contributed by atoms with E-state index < -0.39 is 15.6 Å². The zero-order valence-electron chi connectivity index (χ0n) is 10.2. The van der Waals surface area contributed by atoms with Crippen molar-refractivity contribution in [2.24, 2.45) is 5.73 Å². The fourth-order valence-electron chi connectivity index (χ4n) is 2.69. The van der Waals surface area contributed by atoms with Gasteiger partial charge in [0.05, 0.1) is 5.25 Å². The molecule has 1 aliphatic carbocycles. The predicted octanol–water partition coefficient (Wildman–Crippen LogP) is 0.356. The Kier molecular flexibility index (Phi) is 4.07. The predicted molar refractivity (Wildman–Crippen MR) is 66.1 cm³/mol. The summed E-state index contributed by atoms with van der Waals surface area (Å²) >= 11 is 0. The summed E-state index contributed by atoms with van der Waals surface area (Å²) in [5, 5.41) is -0.214. The largest absolute Gasteiger partial charge is 0.381 e. The molecule has 0 aromatic rings. The van der Waals surface area contributed by atoms with Crippen LogP contribution in [0.4, 0.5) is 0 Å². The summed E-state index contributed by atoms with van der Waals surface area (Å²) in [7, 11) is -3.22. The van der Waals surface area contributed by atoms with Crippen LogP contribution in [0.1, 0.15) is 38.5 Å². The first-order valence-corrected chi connectivity index (χ1v) is 7.93. The van der Waals surface area contributed by atoms with E-state index in [1.807, 2.05) is 0 Å². The Bertz CT molecular complexity index is 344. The molecule has 2 aliphatic rings. The van der Waals surface area contributed by atoms with Crippen LogP contribution in [-0.4, -0.2) is 39.0 Å². The van der Waals surface area contributed by atoms with Crippen LogP contribution in [0.15, 0.2) is 0 Å². The van der Waals surface area contributed by atoms with Gasteiger partial charge in [0, 0.05) is 25.3 Å². The lowest BCUT2D eigenvalue weighted by Crippen LogP contribution is -2.58. The van der Waals surface area contributed by atoms with Gasteiger partial charge in [0.1, 0.15) is 0 Å². The Hall–Kier alpha value is -0.170. The van der Waals surface area contributed by atoms with Gasteiger partial charge in [-0.15, -0.1) is 0 Å². The molecule has 3 N–H and O–H groups in total. The maximum Gasteiger partial charge on any atom is 0.215 e. The van der Waals surface area contributed by atoms with Gasteiger partial charge in [-0.1, -0.05) is 12.8 Å². The number of rotatable bonds is 4. The first-order chi connectivity index (χ1) is 8.08. The molecule has 2 fully saturated rings. The maximum atomic E-state index is 12.3. The molecule has 0 atom stereocenters. The minimum atomic E-state index is -3.22. The quantitative estimate of drug-likeness (QED) is 0.766. The van der Waals surface area contributed by atoms with Crippen molar-refractivity contribution in [3.8, 4) is 0 Å². The number of hydrogen-bond donors (Lipinski definition) is 2. The topological polar surface area (TPSA) is 81.4 Å². The van der Waals surface area contributed by atoms with E-state index >= 15 is 0 Å². The van der Waals surface area contributed by atoms with E-state index in [-0.39, 0.29) is 5.25 Å². The van der Waals surface area contributed by atoms with Crippen LogP contribution in [0.2, 0.25) is 0 Å². The molecule has 0 amide bonds. The molecule has 0 aromatic heterocycles. The lowest BCUT2D eigenvalue weighted by atomic mass is 9.92. The van der Waals surface area contributed by atoms with Gasteiger partial charge in [-0.25, -0.2) is 13.1 Å². The summed E-state index contributed by atoms with van der Waals surface area (Å²) in [4.78, 5) is 0. The lowest BCUT2D eigenvalue weighted by Gasteiger charge is -2.37.